The van der Waals surface area contributed by atoms with Gasteiger partial charge in [0.05, 0.1) is 7.11 Å². The van der Waals surface area contributed by atoms with Crippen molar-refractivity contribution in [2.45, 2.75) is 38.1 Å². The summed E-state index contributed by atoms with van der Waals surface area (Å²) in [5.41, 5.74) is 0. The lowest BCUT2D eigenvalue weighted by Crippen LogP contribution is -2.50. The molecule has 2 fully saturated rings. The third-order valence-electron chi connectivity index (χ3n) is 4.28. The highest BCUT2D eigenvalue weighted by Gasteiger charge is 2.32. The predicted octanol–water partition coefficient (Wildman–Crippen LogP) is 0.622. The van der Waals surface area contributed by atoms with E-state index in [0.29, 0.717) is 18.4 Å². The lowest BCUT2D eigenvalue weighted by molar-refractivity contribution is -0.142. The Bertz CT molecular complexity index is 307. The summed E-state index contributed by atoms with van der Waals surface area (Å²) in [5, 5.41) is 12.4. The SMILES string of the molecule is COC(=O)CC1CC(NCCCO)CN(CC2CC2)C1. The maximum atomic E-state index is 11.5. The van der Waals surface area contributed by atoms with Crippen molar-refractivity contribution in [2.75, 3.05) is 39.9 Å². The molecule has 1 saturated carbocycles. The third-order valence-corrected chi connectivity index (χ3v) is 4.28. The molecule has 0 aromatic rings. The first kappa shape index (κ1) is 15.7. The van der Waals surface area contributed by atoms with Crippen LogP contribution in [0.4, 0.5) is 0 Å². The maximum absolute atomic E-state index is 11.5. The van der Waals surface area contributed by atoms with Crippen LogP contribution in [0, 0.1) is 11.8 Å². The molecule has 1 aliphatic heterocycles. The highest BCUT2D eigenvalue weighted by atomic mass is 16.5. The molecule has 2 aliphatic rings. The highest BCUT2D eigenvalue weighted by Crippen LogP contribution is 2.31. The van der Waals surface area contributed by atoms with Crippen molar-refractivity contribution in [1.82, 2.24) is 10.2 Å². The zero-order chi connectivity index (χ0) is 14.4. The van der Waals surface area contributed by atoms with Gasteiger partial charge in [-0.1, -0.05) is 0 Å². The smallest absolute Gasteiger partial charge is 0.305 e. The molecule has 2 unspecified atom stereocenters. The number of nitrogens with one attached hydrogen (secondary N) is 1. The van der Waals surface area contributed by atoms with E-state index in [9.17, 15) is 4.79 Å². The Balaban J connectivity index is 1.81. The quantitative estimate of drug-likeness (QED) is 0.505. The average molecular weight is 284 g/mol. The number of ether oxygens (including phenoxy) is 1. The number of methoxy groups -OCH3 is 1. The van der Waals surface area contributed by atoms with Crippen LogP contribution in [0.3, 0.4) is 0 Å². The summed E-state index contributed by atoms with van der Waals surface area (Å²) in [7, 11) is 1.46. The first-order valence-corrected chi connectivity index (χ1v) is 7.84. The zero-order valence-corrected chi connectivity index (χ0v) is 12.5. The van der Waals surface area contributed by atoms with E-state index in [2.05, 4.69) is 10.2 Å². The molecule has 5 nitrogen and oxygen atoms in total. The van der Waals surface area contributed by atoms with Crippen LogP contribution < -0.4 is 5.32 Å². The van der Waals surface area contributed by atoms with E-state index in [1.54, 1.807) is 0 Å². The fourth-order valence-electron chi connectivity index (χ4n) is 3.12. The first-order chi connectivity index (χ1) is 9.71. The summed E-state index contributed by atoms with van der Waals surface area (Å²) in [4.78, 5) is 14.0. The van der Waals surface area contributed by atoms with Crippen molar-refractivity contribution in [3.63, 3.8) is 0 Å². The number of piperidine rings is 1. The normalized spacial score (nSPS) is 27.5. The van der Waals surface area contributed by atoms with Crippen molar-refractivity contribution >= 4 is 5.97 Å². The second kappa shape index (κ2) is 7.96. The van der Waals surface area contributed by atoms with E-state index < -0.39 is 0 Å². The van der Waals surface area contributed by atoms with Crippen LogP contribution in [0.5, 0.6) is 0 Å². The number of hydrogen-bond acceptors (Lipinski definition) is 5. The Labute approximate surface area is 121 Å². The lowest BCUT2D eigenvalue weighted by atomic mass is 9.91. The van der Waals surface area contributed by atoms with Crippen LogP contribution in [-0.2, 0) is 9.53 Å². The van der Waals surface area contributed by atoms with E-state index in [0.717, 1.165) is 38.4 Å². The second-order valence-electron chi connectivity index (χ2n) is 6.27. The number of likely N-dealkylation sites (tertiary alicyclic amines) is 1. The molecule has 1 saturated heterocycles. The van der Waals surface area contributed by atoms with Gasteiger partial charge < -0.3 is 20.1 Å². The van der Waals surface area contributed by atoms with Crippen molar-refractivity contribution in [1.29, 1.82) is 0 Å². The molecule has 1 heterocycles. The largest absolute Gasteiger partial charge is 0.469 e. The molecule has 1 aliphatic carbocycles. The van der Waals surface area contributed by atoms with Crippen molar-refractivity contribution < 1.29 is 14.6 Å². The maximum Gasteiger partial charge on any atom is 0.305 e. The zero-order valence-electron chi connectivity index (χ0n) is 12.5. The summed E-state index contributed by atoms with van der Waals surface area (Å²) in [6.45, 7) is 4.35. The van der Waals surface area contributed by atoms with E-state index in [4.69, 9.17) is 9.84 Å². The van der Waals surface area contributed by atoms with Gasteiger partial charge in [0.25, 0.3) is 0 Å². The predicted molar refractivity (Wildman–Crippen MR) is 77.4 cm³/mol. The minimum absolute atomic E-state index is 0.0996. The molecular weight excluding hydrogens is 256 g/mol. The number of esters is 1. The number of rotatable bonds is 8. The van der Waals surface area contributed by atoms with Crippen LogP contribution in [0.15, 0.2) is 0 Å². The van der Waals surface area contributed by atoms with Gasteiger partial charge in [-0.05, 0) is 44.1 Å². The van der Waals surface area contributed by atoms with Crippen LogP contribution in [0.2, 0.25) is 0 Å². The van der Waals surface area contributed by atoms with Gasteiger partial charge in [0, 0.05) is 38.7 Å². The number of carbonyl (C=O) groups is 1. The number of aliphatic hydroxyl groups excluding tert-OH is 1. The van der Waals surface area contributed by atoms with Gasteiger partial charge in [0.1, 0.15) is 0 Å². The van der Waals surface area contributed by atoms with Gasteiger partial charge in [0.2, 0.25) is 0 Å². The monoisotopic (exact) mass is 284 g/mol. The van der Waals surface area contributed by atoms with E-state index in [1.807, 2.05) is 0 Å². The number of aliphatic hydroxyl groups is 1. The van der Waals surface area contributed by atoms with Crippen LogP contribution in [0.25, 0.3) is 0 Å². The molecule has 2 atom stereocenters. The summed E-state index contributed by atoms with van der Waals surface area (Å²) in [6, 6.07) is 0.434. The van der Waals surface area contributed by atoms with Gasteiger partial charge in [-0.2, -0.15) is 0 Å². The van der Waals surface area contributed by atoms with Gasteiger partial charge in [-0.15, -0.1) is 0 Å². The molecule has 0 spiro atoms. The van der Waals surface area contributed by atoms with Crippen molar-refractivity contribution in [2.24, 2.45) is 11.8 Å². The van der Waals surface area contributed by atoms with Crippen LogP contribution >= 0.6 is 0 Å². The van der Waals surface area contributed by atoms with Crippen LogP contribution in [0.1, 0.15) is 32.1 Å². The number of carbonyl (C=O) groups excluding carboxylic acids is 1. The standard InChI is InChI=1S/C15H28N2O3/c1-20-15(19)8-13-7-14(16-5-2-6-18)11-17(10-13)9-12-3-4-12/h12-14,16,18H,2-11H2,1H3. The van der Waals surface area contributed by atoms with Crippen LogP contribution in [-0.4, -0.2) is 61.9 Å². The molecule has 0 bridgehead atoms. The summed E-state index contributed by atoms with van der Waals surface area (Å²) < 4.78 is 4.80. The fourth-order valence-corrected chi connectivity index (χ4v) is 3.12. The summed E-state index contributed by atoms with van der Waals surface area (Å²) >= 11 is 0. The minimum atomic E-state index is -0.0996. The average Bonchev–Trinajstić information content (AvgIpc) is 3.22. The molecule has 0 amide bonds. The molecule has 116 valence electrons. The van der Waals surface area contributed by atoms with Crippen molar-refractivity contribution in [3.8, 4) is 0 Å². The molecule has 20 heavy (non-hydrogen) atoms. The van der Waals surface area contributed by atoms with Gasteiger partial charge >= 0.3 is 5.97 Å². The van der Waals surface area contributed by atoms with Gasteiger partial charge in [-0.3, -0.25) is 4.79 Å². The number of hydrogen-bond donors (Lipinski definition) is 2. The Hall–Kier alpha value is -0.650. The molecule has 0 aromatic heterocycles. The minimum Gasteiger partial charge on any atom is -0.469 e. The van der Waals surface area contributed by atoms with E-state index >= 15 is 0 Å². The summed E-state index contributed by atoms with van der Waals surface area (Å²) in [6.07, 6.45) is 5.07. The van der Waals surface area contributed by atoms with Crippen molar-refractivity contribution in [3.05, 3.63) is 0 Å². The Kier molecular flexibility index (Phi) is 6.26. The molecule has 2 N–H and O–H groups in total. The van der Waals surface area contributed by atoms with E-state index in [-0.39, 0.29) is 12.6 Å². The topological polar surface area (TPSA) is 61.8 Å². The first-order valence-electron chi connectivity index (χ1n) is 7.84. The Morgan fingerprint density at radius 1 is 1.35 bits per heavy atom. The third kappa shape index (κ3) is 5.38. The van der Waals surface area contributed by atoms with Gasteiger partial charge in [0.15, 0.2) is 0 Å². The van der Waals surface area contributed by atoms with E-state index in [1.165, 1.54) is 26.5 Å². The Morgan fingerprint density at radius 2 is 2.15 bits per heavy atom. The molecule has 2 rings (SSSR count). The molecule has 0 aromatic carbocycles. The molecular formula is C15H28N2O3. The number of nitrogens with zero attached hydrogens (tertiary/aromatic N) is 1. The lowest BCUT2D eigenvalue weighted by Gasteiger charge is -2.38. The van der Waals surface area contributed by atoms with Gasteiger partial charge in [-0.25, -0.2) is 0 Å². The molecule has 0 radical (unpaired) electrons. The second-order valence-corrected chi connectivity index (χ2v) is 6.27. The fraction of sp³-hybridized carbons (Fsp3) is 0.933. The highest BCUT2D eigenvalue weighted by molar-refractivity contribution is 5.69. The summed E-state index contributed by atoms with van der Waals surface area (Å²) in [5.74, 6) is 1.17. The Morgan fingerprint density at radius 3 is 2.80 bits per heavy atom. The molecule has 5 heteroatoms.